The van der Waals surface area contributed by atoms with E-state index in [1.165, 1.54) is 0 Å². The Balaban J connectivity index is 1.62. The molecule has 1 aliphatic heterocycles. The minimum Gasteiger partial charge on any atom is -0.490 e. The van der Waals surface area contributed by atoms with Gasteiger partial charge in [-0.2, -0.15) is 0 Å². The van der Waals surface area contributed by atoms with Crippen LogP contribution >= 0.6 is 11.8 Å². The normalized spacial score (nSPS) is 14.1. The van der Waals surface area contributed by atoms with Gasteiger partial charge in [-0.05, 0) is 73.6 Å². The van der Waals surface area contributed by atoms with Crippen molar-refractivity contribution in [3.8, 4) is 11.5 Å². The molecule has 33 heavy (non-hydrogen) atoms. The quantitative estimate of drug-likeness (QED) is 0.421. The Kier molecular flexibility index (Phi) is 8.09. The fourth-order valence-corrected chi connectivity index (χ4v) is 3.50. The summed E-state index contributed by atoms with van der Waals surface area (Å²) < 4.78 is 16.1. The molecular weight excluding hydrogens is 448 g/mol. The molecule has 0 aromatic heterocycles. The Morgan fingerprint density at radius 3 is 2.39 bits per heavy atom. The van der Waals surface area contributed by atoms with Crippen LogP contribution in [0.5, 0.6) is 11.5 Å². The smallest absolute Gasteiger partial charge is 0.338 e. The Bertz CT molecular complexity index is 1100. The van der Waals surface area contributed by atoms with Crippen molar-refractivity contribution in [1.29, 1.82) is 0 Å². The number of amides is 3. The molecule has 3 rings (SSSR count). The van der Waals surface area contributed by atoms with Crippen LogP contribution < -0.4 is 20.1 Å². The van der Waals surface area contributed by atoms with Gasteiger partial charge in [-0.3, -0.25) is 19.7 Å². The lowest BCUT2D eigenvalue weighted by molar-refractivity contribution is -0.118. The molecule has 0 unspecified atom stereocenters. The molecule has 1 saturated heterocycles. The predicted molar refractivity (Wildman–Crippen MR) is 123 cm³/mol. The number of ether oxygens (including phenoxy) is 3. The van der Waals surface area contributed by atoms with Crippen molar-refractivity contribution in [1.82, 2.24) is 5.32 Å². The third-order valence-corrected chi connectivity index (χ3v) is 5.06. The van der Waals surface area contributed by atoms with Gasteiger partial charge in [-0.25, -0.2) is 4.79 Å². The van der Waals surface area contributed by atoms with E-state index in [1.54, 1.807) is 62.4 Å². The van der Waals surface area contributed by atoms with Crippen molar-refractivity contribution in [3.05, 3.63) is 58.5 Å². The van der Waals surface area contributed by atoms with Crippen molar-refractivity contribution in [3.63, 3.8) is 0 Å². The first-order chi connectivity index (χ1) is 15.9. The van der Waals surface area contributed by atoms with Crippen molar-refractivity contribution in [2.75, 3.05) is 25.1 Å². The molecule has 1 heterocycles. The topological polar surface area (TPSA) is 120 Å². The Morgan fingerprint density at radius 1 is 1.00 bits per heavy atom. The molecule has 0 aliphatic carbocycles. The van der Waals surface area contributed by atoms with Gasteiger partial charge < -0.3 is 19.5 Å². The van der Waals surface area contributed by atoms with Crippen LogP contribution in [0.1, 0.15) is 29.8 Å². The largest absolute Gasteiger partial charge is 0.490 e. The summed E-state index contributed by atoms with van der Waals surface area (Å²) in [6.07, 6.45) is 1.57. The van der Waals surface area contributed by atoms with E-state index in [1.807, 2.05) is 0 Å². The molecule has 1 aliphatic rings. The molecule has 0 atom stereocenters. The van der Waals surface area contributed by atoms with Crippen LogP contribution in [0.3, 0.4) is 0 Å². The molecule has 0 radical (unpaired) electrons. The maximum atomic E-state index is 12.3. The van der Waals surface area contributed by atoms with Gasteiger partial charge in [0.15, 0.2) is 18.1 Å². The lowest BCUT2D eigenvalue weighted by Crippen LogP contribution is -2.20. The second-order valence-electron chi connectivity index (χ2n) is 6.63. The van der Waals surface area contributed by atoms with Gasteiger partial charge in [-0.15, -0.1) is 0 Å². The number of anilines is 1. The van der Waals surface area contributed by atoms with E-state index in [0.717, 1.165) is 11.8 Å². The van der Waals surface area contributed by atoms with Gasteiger partial charge in [0.1, 0.15) is 0 Å². The van der Waals surface area contributed by atoms with Crippen LogP contribution in [0, 0.1) is 0 Å². The van der Waals surface area contributed by atoms with Crippen LogP contribution in [-0.4, -0.2) is 42.8 Å². The Labute approximate surface area is 194 Å². The fraction of sp³-hybridized carbons (Fsp3) is 0.217. The first-order valence-electron chi connectivity index (χ1n) is 10.1. The lowest BCUT2D eigenvalue weighted by Gasteiger charge is -2.13. The van der Waals surface area contributed by atoms with E-state index in [9.17, 15) is 19.2 Å². The molecule has 2 aromatic rings. The van der Waals surface area contributed by atoms with Gasteiger partial charge in [0, 0.05) is 5.69 Å². The fourth-order valence-electron chi connectivity index (χ4n) is 2.82. The van der Waals surface area contributed by atoms with Crippen molar-refractivity contribution in [2.45, 2.75) is 13.8 Å². The highest BCUT2D eigenvalue weighted by Gasteiger charge is 2.25. The zero-order valence-corrected chi connectivity index (χ0v) is 18.8. The zero-order chi connectivity index (χ0) is 23.8. The van der Waals surface area contributed by atoms with Crippen molar-refractivity contribution in [2.24, 2.45) is 0 Å². The monoisotopic (exact) mass is 470 g/mol. The molecule has 172 valence electrons. The Morgan fingerprint density at radius 2 is 1.76 bits per heavy atom. The number of hydrogen-bond donors (Lipinski definition) is 2. The third kappa shape index (κ3) is 6.59. The molecule has 3 amide bonds. The summed E-state index contributed by atoms with van der Waals surface area (Å²) in [7, 11) is 0. The van der Waals surface area contributed by atoms with Gasteiger partial charge in [0.2, 0.25) is 0 Å². The van der Waals surface area contributed by atoms with Crippen molar-refractivity contribution < 1.29 is 33.4 Å². The summed E-state index contributed by atoms with van der Waals surface area (Å²) in [6.45, 7) is 3.91. The number of carbonyl (C=O) groups excluding carboxylic acids is 4. The highest BCUT2D eigenvalue weighted by Crippen LogP contribution is 2.31. The highest BCUT2D eigenvalue weighted by molar-refractivity contribution is 8.18. The molecule has 0 bridgehead atoms. The SMILES string of the molecule is CCOC(=O)c1ccc(NC(=O)COc2ccc(/C=C3\SC(=O)NC3=O)cc2OCC)cc1. The number of nitrogens with one attached hydrogen (secondary N) is 2. The van der Waals surface area contributed by atoms with Crippen LogP contribution in [0.4, 0.5) is 10.5 Å². The molecule has 1 fully saturated rings. The number of rotatable bonds is 9. The second kappa shape index (κ2) is 11.2. The summed E-state index contributed by atoms with van der Waals surface area (Å²) in [4.78, 5) is 47.3. The predicted octanol–water partition coefficient (Wildman–Crippen LogP) is 3.60. The molecule has 9 nitrogen and oxygen atoms in total. The van der Waals surface area contributed by atoms with E-state index in [0.29, 0.717) is 34.9 Å². The maximum absolute atomic E-state index is 12.3. The summed E-state index contributed by atoms with van der Waals surface area (Å²) in [5, 5.41) is 4.46. The van der Waals surface area contributed by atoms with E-state index in [-0.39, 0.29) is 18.1 Å². The van der Waals surface area contributed by atoms with E-state index in [2.05, 4.69) is 10.6 Å². The van der Waals surface area contributed by atoms with E-state index < -0.39 is 23.0 Å². The number of benzene rings is 2. The number of thioether (sulfide) groups is 1. The first-order valence-corrected chi connectivity index (χ1v) is 10.9. The first kappa shape index (κ1) is 23.9. The molecule has 2 N–H and O–H groups in total. The number of esters is 1. The van der Waals surface area contributed by atoms with Gasteiger partial charge in [0.25, 0.3) is 17.1 Å². The summed E-state index contributed by atoms with van der Waals surface area (Å²) in [6, 6.07) is 11.3. The molecule has 0 spiro atoms. The van der Waals surface area contributed by atoms with Gasteiger partial charge in [0.05, 0.1) is 23.7 Å². The standard InChI is InChI=1S/C23H22N2O7S/c1-3-30-18-11-14(12-19-21(27)25-23(29)33-19)5-10-17(18)32-13-20(26)24-16-8-6-15(7-9-16)22(28)31-4-2/h5-12H,3-4,13H2,1-2H3,(H,24,26)(H,25,27,29)/b19-12-. The minimum atomic E-state index is -0.449. The van der Waals surface area contributed by atoms with E-state index >= 15 is 0 Å². The maximum Gasteiger partial charge on any atom is 0.338 e. The van der Waals surface area contributed by atoms with Crippen LogP contribution in [0.15, 0.2) is 47.4 Å². The van der Waals surface area contributed by atoms with Gasteiger partial charge >= 0.3 is 5.97 Å². The van der Waals surface area contributed by atoms with Crippen LogP contribution in [-0.2, 0) is 14.3 Å². The highest BCUT2D eigenvalue weighted by atomic mass is 32.2. The van der Waals surface area contributed by atoms with Gasteiger partial charge in [-0.1, -0.05) is 6.07 Å². The molecule has 10 heteroatoms. The third-order valence-electron chi connectivity index (χ3n) is 4.25. The number of carbonyl (C=O) groups is 4. The minimum absolute atomic E-state index is 0.271. The summed E-state index contributed by atoms with van der Waals surface area (Å²) in [5.74, 6) is -0.528. The summed E-state index contributed by atoms with van der Waals surface area (Å²) in [5.41, 5.74) is 1.54. The molecule has 2 aromatic carbocycles. The lowest BCUT2D eigenvalue weighted by atomic mass is 10.2. The Hall–Kier alpha value is -3.79. The number of hydrogen-bond acceptors (Lipinski definition) is 8. The second-order valence-corrected chi connectivity index (χ2v) is 7.64. The summed E-state index contributed by atoms with van der Waals surface area (Å²) >= 11 is 0.823. The van der Waals surface area contributed by atoms with Crippen molar-refractivity contribution >= 4 is 46.5 Å². The average molecular weight is 471 g/mol. The zero-order valence-electron chi connectivity index (χ0n) is 18.0. The van der Waals surface area contributed by atoms with E-state index in [4.69, 9.17) is 14.2 Å². The number of imide groups is 1. The molecular formula is C23H22N2O7S. The average Bonchev–Trinajstić information content (AvgIpc) is 3.10. The molecule has 0 saturated carbocycles. The van der Waals surface area contributed by atoms with Crippen LogP contribution in [0.25, 0.3) is 6.08 Å². The van der Waals surface area contributed by atoms with Crippen LogP contribution in [0.2, 0.25) is 0 Å².